The first-order valence-electron chi connectivity index (χ1n) is 6.22. The predicted molar refractivity (Wildman–Crippen MR) is 83.7 cm³/mol. The van der Waals surface area contributed by atoms with Gasteiger partial charge in [-0.15, -0.1) is 11.3 Å². The SMILES string of the molecule is Cc1cc(CNC(=O)c2sc3cc(Cl)ccc3c2N)no1. The van der Waals surface area contributed by atoms with E-state index in [1.54, 1.807) is 25.1 Å². The Morgan fingerprint density at radius 3 is 3.00 bits per heavy atom. The maximum absolute atomic E-state index is 12.2. The highest BCUT2D eigenvalue weighted by Gasteiger charge is 2.16. The minimum atomic E-state index is -0.231. The van der Waals surface area contributed by atoms with Gasteiger partial charge in [0.05, 0.1) is 12.2 Å². The van der Waals surface area contributed by atoms with Gasteiger partial charge < -0.3 is 15.6 Å². The predicted octanol–water partition coefficient (Wildman–Crippen LogP) is 3.36. The second-order valence-electron chi connectivity index (χ2n) is 4.60. The molecule has 0 saturated carbocycles. The summed E-state index contributed by atoms with van der Waals surface area (Å²) in [6, 6.07) is 7.15. The number of thiophene rings is 1. The lowest BCUT2D eigenvalue weighted by Crippen LogP contribution is -2.22. The molecule has 2 aromatic heterocycles. The molecule has 7 heteroatoms. The van der Waals surface area contributed by atoms with E-state index in [0.717, 1.165) is 10.1 Å². The molecule has 0 aliphatic heterocycles. The number of nitrogen functional groups attached to an aromatic ring is 1. The second-order valence-corrected chi connectivity index (χ2v) is 6.09. The number of halogens is 1. The number of anilines is 1. The number of rotatable bonds is 3. The van der Waals surface area contributed by atoms with E-state index >= 15 is 0 Å². The standard InChI is InChI=1S/C14H12ClN3O2S/c1-7-4-9(18-20-7)6-17-14(19)13-12(16)10-3-2-8(15)5-11(10)21-13/h2-5H,6,16H2,1H3,(H,17,19). The van der Waals surface area contributed by atoms with Crippen molar-refractivity contribution in [2.24, 2.45) is 0 Å². The molecule has 0 bridgehead atoms. The highest BCUT2D eigenvalue weighted by molar-refractivity contribution is 7.21. The number of carbonyl (C=O) groups excluding carboxylic acids is 1. The van der Waals surface area contributed by atoms with Gasteiger partial charge in [0.2, 0.25) is 0 Å². The molecule has 0 saturated heterocycles. The van der Waals surface area contributed by atoms with Crippen molar-refractivity contribution in [2.75, 3.05) is 5.73 Å². The average Bonchev–Trinajstić information content (AvgIpc) is 3.00. The summed E-state index contributed by atoms with van der Waals surface area (Å²) in [6.45, 7) is 2.09. The van der Waals surface area contributed by atoms with Gasteiger partial charge in [0.15, 0.2) is 0 Å². The molecule has 2 heterocycles. The topological polar surface area (TPSA) is 81.2 Å². The van der Waals surface area contributed by atoms with Crippen molar-refractivity contribution in [3.05, 3.63) is 45.6 Å². The molecule has 108 valence electrons. The molecule has 5 nitrogen and oxygen atoms in total. The van der Waals surface area contributed by atoms with E-state index in [1.807, 2.05) is 6.07 Å². The maximum atomic E-state index is 12.2. The third kappa shape index (κ3) is 2.72. The fourth-order valence-electron chi connectivity index (χ4n) is 2.01. The number of nitrogens with zero attached hydrogens (tertiary/aromatic N) is 1. The number of nitrogens with two attached hydrogens (primary N) is 1. The molecule has 0 aliphatic rings. The summed E-state index contributed by atoms with van der Waals surface area (Å²) in [5.41, 5.74) is 7.18. The molecule has 0 atom stereocenters. The average molecular weight is 322 g/mol. The van der Waals surface area contributed by atoms with E-state index in [4.69, 9.17) is 21.9 Å². The lowest BCUT2D eigenvalue weighted by Gasteiger charge is -2.01. The summed E-state index contributed by atoms with van der Waals surface area (Å²) >= 11 is 7.27. The van der Waals surface area contributed by atoms with Crippen LogP contribution in [0.25, 0.3) is 10.1 Å². The number of fused-ring (bicyclic) bond motifs is 1. The summed E-state index contributed by atoms with van der Waals surface area (Å²) in [7, 11) is 0. The van der Waals surface area contributed by atoms with Gasteiger partial charge in [-0.25, -0.2) is 0 Å². The molecule has 21 heavy (non-hydrogen) atoms. The minimum Gasteiger partial charge on any atom is -0.397 e. The van der Waals surface area contributed by atoms with E-state index < -0.39 is 0 Å². The number of benzene rings is 1. The van der Waals surface area contributed by atoms with Gasteiger partial charge in [0.1, 0.15) is 16.3 Å². The van der Waals surface area contributed by atoms with E-state index in [1.165, 1.54) is 11.3 Å². The van der Waals surface area contributed by atoms with Gasteiger partial charge in [-0.05, 0) is 25.1 Å². The molecule has 0 aliphatic carbocycles. The van der Waals surface area contributed by atoms with Crippen molar-refractivity contribution in [1.29, 1.82) is 0 Å². The van der Waals surface area contributed by atoms with Crippen molar-refractivity contribution in [3.63, 3.8) is 0 Å². The molecule has 0 radical (unpaired) electrons. The van der Waals surface area contributed by atoms with Crippen LogP contribution < -0.4 is 11.1 Å². The molecular formula is C14H12ClN3O2S. The van der Waals surface area contributed by atoms with Gasteiger partial charge in [-0.1, -0.05) is 16.8 Å². The first-order chi connectivity index (χ1) is 10.0. The minimum absolute atomic E-state index is 0.231. The fraction of sp³-hybridized carbons (Fsp3) is 0.143. The maximum Gasteiger partial charge on any atom is 0.263 e. The van der Waals surface area contributed by atoms with Crippen molar-refractivity contribution < 1.29 is 9.32 Å². The number of hydrogen-bond donors (Lipinski definition) is 2. The Kier molecular flexibility index (Phi) is 3.57. The first kappa shape index (κ1) is 13.9. The fourth-order valence-corrected chi connectivity index (χ4v) is 3.33. The summed E-state index contributed by atoms with van der Waals surface area (Å²) in [4.78, 5) is 12.7. The van der Waals surface area contributed by atoms with Crippen LogP contribution in [0.1, 0.15) is 21.1 Å². The monoisotopic (exact) mass is 321 g/mol. The Morgan fingerprint density at radius 2 is 2.29 bits per heavy atom. The van der Waals surface area contributed by atoms with Crippen molar-refractivity contribution in [2.45, 2.75) is 13.5 Å². The van der Waals surface area contributed by atoms with Crippen LogP contribution in [0.5, 0.6) is 0 Å². The van der Waals surface area contributed by atoms with E-state index in [2.05, 4.69) is 10.5 Å². The Balaban J connectivity index is 1.82. The summed E-state index contributed by atoms with van der Waals surface area (Å²) < 4.78 is 5.84. The van der Waals surface area contributed by atoms with Gasteiger partial charge in [-0.2, -0.15) is 0 Å². The number of aromatic nitrogens is 1. The second kappa shape index (κ2) is 5.38. The Morgan fingerprint density at radius 1 is 1.48 bits per heavy atom. The van der Waals surface area contributed by atoms with Gasteiger partial charge >= 0.3 is 0 Å². The molecule has 3 aromatic rings. The van der Waals surface area contributed by atoms with Crippen LogP contribution in [0, 0.1) is 6.92 Å². The largest absolute Gasteiger partial charge is 0.397 e. The van der Waals surface area contributed by atoms with Crippen LogP contribution >= 0.6 is 22.9 Å². The lowest BCUT2D eigenvalue weighted by atomic mass is 10.2. The number of carbonyl (C=O) groups is 1. The number of amides is 1. The molecule has 0 spiro atoms. The lowest BCUT2D eigenvalue weighted by molar-refractivity contribution is 0.0955. The van der Waals surface area contributed by atoms with Crippen LogP contribution in [0.2, 0.25) is 5.02 Å². The zero-order chi connectivity index (χ0) is 15.0. The third-order valence-electron chi connectivity index (χ3n) is 3.00. The van der Waals surface area contributed by atoms with Gasteiger partial charge in [0, 0.05) is 21.2 Å². The molecule has 3 rings (SSSR count). The van der Waals surface area contributed by atoms with Crippen LogP contribution in [0.15, 0.2) is 28.8 Å². The Bertz CT molecular complexity index is 825. The normalized spacial score (nSPS) is 11.0. The van der Waals surface area contributed by atoms with E-state index in [-0.39, 0.29) is 5.91 Å². The summed E-state index contributed by atoms with van der Waals surface area (Å²) in [5, 5.41) is 8.06. The Labute approximate surface area is 129 Å². The molecular weight excluding hydrogens is 310 g/mol. The zero-order valence-electron chi connectivity index (χ0n) is 11.1. The van der Waals surface area contributed by atoms with Crippen molar-refractivity contribution >= 4 is 44.6 Å². The van der Waals surface area contributed by atoms with Crippen LogP contribution in [0.4, 0.5) is 5.69 Å². The smallest absolute Gasteiger partial charge is 0.263 e. The van der Waals surface area contributed by atoms with Crippen LogP contribution in [-0.4, -0.2) is 11.1 Å². The Hall–Kier alpha value is -2.05. The van der Waals surface area contributed by atoms with Gasteiger partial charge in [0.25, 0.3) is 5.91 Å². The van der Waals surface area contributed by atoms with Crippen molar-refractivity contribution in [3.8, 4) is 0 Å². The molecule has 1 aromatic carbocycles. The van der Waals surface area contributed by atoms with Crippen LogP contribution in [0.3, 0.4) is 0 Å². The summed E-state index contributed by atoms with van der Waals surface area (Å²) in [6.07, 6.45) is 0. The summed E-state index contributed by atoms with van der Waals surface area (Å²) in [5.74, 6) is 0.473. The number of nitrogens with one attached hydrogen (secondary N) is 1. The van der Waals surface area contributed by atoms with Crippen LogP contribution in [-0.2, 0) is 6.54 Å². The van der Waals surface area contributed by atoms with Gasteiger partial charge in [-0.3, -0.25) is 4.79 Å². The van der Waals surface area contributed by atoms with Crippen molar-refractivity contribution in [1.82, 2.24) is 10.5 Å². The molecule has 0 unspecified atom stereocenters. The molecule has 1 amide bonds. The quantitative estimate of drug-likeness (QED) is 0.775. The number of hydrogen-bond acceptors (Lipinski definition) is 5. The zero-order valence-corrected chi connectivity index (χ0v) is 12.7. The first-order valence-corrected chi connectivity index (χ1v) is 7.42. The van der Waals surface area contributed by atoms with E-state index in [0.29, 0.717) is 33.6 Å². The van der Waals surface area contributed by atoms with E-state index in [9.17, 15) is 4.79 Å². The highest BCUT2D eigenvalue weighted by atomic mass is 35.5. The molecule has 3 N–H and O–H groups in total. The third-order valence-corrected chi connectivity index (χ3v) is 4.41. The number of aryl methyl sites for hydroxylation is 1. The molecule has 0 fully saturated rings. The highest BCUT2D eigenvalue weighted by Crippen LogP contribution is 2.35.